The second-order valence-corrected chi connectivity index (χ2v) is 8.15. The first-order valence-electron chi connectivity index (χ1n) is 9.71. The number of halogens is 1. The molecular weight excluding hydrogens is 349 g/mol. The van der Waals surface area contributed by atoms with Gasteiger partial charge in [-0.2, -0.15) is 0 Å². The fraction of sp³-hybridized carbons (Fsp3) is 0.600. The molecule has 1 aromatic carbocycles. The van der Waals surface area contributed by atoms with Crippen LogP contribution in [0.5, 0.6) is 0 Å². The summed E-state index contributed by atoms with van der Waals surface area (Å²) >= 11 is 0. The Labute approximate surface area is 158 Å². The molecule has 2 fully saturated rings. The van der Waals surface area contributed by atoms with Gasteiger partial charge >= 0.3 is 0 Å². The number of nitrogens with zero attached hydrogens (tertiary/aromatic N) is 2. The molecule has 6 nitrogen and oxygen atoms in total. The van der Waals surface area contributed by atoms with Gasteiger partial charge in [0.15, 0.2) is 0 Å². The normalized spacial score (nSPS) is 24.3. The lowest BCUT2D eigenvalue weighted by Crippen LogP contribution is -2.63. The first-order valence-corrected chi connectivity index (χ1v) is 9.71. The lowest BCUT2D eigenvalue weighted by Gasteiger charge is -2.56. The molecule has 27 heavy (non-hydrogen) atoms. The molecule has 0 unspecified atom stereocenters. The average Bonchev–Trinajstić information content (AvgIpc) is 2.65. The van der Waals surface area contributed by atoms with E-state index in [2.05, 4.69) is 9.80 Å². The predicted molar refractivity (Wildman–Crippen MR) is 96.8 cm³/mol. The van der Waals surface area contributed by atoms with Crippen molar-refractivity contribution in [3.8, 4) is 0 Å². The van der Waals surface area contributed by atoms with E-state index in [0.717, 1.165) is 44.3 Å². The second kappa shape index (κ2) is 6.87. The number of carbonyl (C=O) groups is 2. The molecule has 0 bridgehead atoms. The van der Waals surface area contributed by atoms with Gasteiger partial charge in [0.1, 0.15) is 5.82 Å². The fourth-order valence-corrected chi connectivity index (χ4v) is 5.18. The highest BCUT2D eigenvalue weighted by Gasteiger charge is 2.49. The average molecular weight is 375 g/mol. The Morgan fingerprint density at radius 2 is 2.07 bits per heavy atom. The molecule has 2 aliphatic heterocycles. The molecule has 1 aliphatic carbocycles. The predicted octanol–water partition coefficient (Wildman–Crippen LogP) is 2.24. The van der Waals surface area contributed by atoms with Crippen LogP contribution >= 0.6 is 0 Å². The zero-order valence-electron chi connectivity index (χ0n) is 15.6. The van der Waals surface area contributed by atoms with Gasteiger partial charge in [-0.1, -0.05) is 0 Å². The van der Waals surface area contributed by atoms with Gasteiger partial charge in [0.2, 0.25) is 5.91 Å². The number of nitrogens with one attached hydrogen (secondary N) is 1. The highest BCUT2D eigenvalue weighted by Crippen LogP contribution is 2.46. The summed E-state index contributed by atoms with van der Waals surface area (Å²) in [6, 6.07) is 3.22. The summed E-state index contributed by atoms with van der Waals surface area (Å²) in [7, 11) is 0. The Balaban J connectivity index is 1.52. The van der Waals surface area contributed by atoms with E-state index >= 15 is 0 Å². The van der Waals surface area contributed by atoms with Crippen LogP contribution in [0.2, 0.25) is 0 Å². The van der Waals surface area contributed by atoms with E-state index in [-0.39, 0.29) is 17.0 Å². The zero-order valence-corrected chi connectivity index (χ0v) is 15.6. The third-order valence-electron chi connectivity index (χ3n) is 6.74. The minimum atomic E-state index is -0.692. The van der Waals surface area contributed by atoms with Crippen molar-refractivity contribution in [1.29, 1.82) is 0 Å². The number of carbonyl (C=O) groups excluding carboxylic acids is 2. The number of benzene rings is 1. The van der Waals surface area contributed by atoms with Crippen molar-refractivity contribution >= 4 is 11.8 Å². The number of hydrogen-bond acceptors (Lipinski definition) is 4. The summed E-state index contributed by atoms with van der Waals surface area (Å²) in [6.07, 6.45) is 5.88. The number of rotatable bonds is 2. The van der Waals surface area contributed by atoms with Crippen molar-refractivity contribution in [2.45, 2.75) is 63.6 Å². The quantitative estimate of drug-likeness (QED) is 0.614. The van der Waals surface area contributed by atoms with Crippen molar-refractivity contribution in [2.24, 2.45) is 0 Å². The molecule has 2 N–H and O–H groups in total. The maximum atomic E-state index is 14.6. The van der Waals surface area contributed by atoms with E-state index in [1.54, 1.807) is 18.5 Å². The molecule has 2 heterocycles. The Morgan fingerprint density at radius 1 is 1.30 bits per heavy atom. The number of hydroxylamine groups is 1. The molecule has 146 valence electrons. The summed E-state index contributed by atoms with van der Waals surface area (Å²) in [5, 5.41) is 8.78. The maximum Gasteiger partial charge on any atom is 0.274 e. The van der Waals surface area contributed by atoms with Gasteiger partial charge in [0, 0.05) is 49.3 Å². The van der Waals surface area contributed by atoms with Crippen LogP contribution in [-0.2, 0) is 17.8 Å². The summed E-state index contributed by atoms with van der Waals surface area (Å²) in [5.41, 5.74) is 3.20. The number of fused-ring (bicyclic) bond motifs is 1. The molecular formula is C20H26FN3O3. The van der Waals surface area contributed by atoms with E-state index in [9.17, 15) is 14.0 Å². The SMILES string of the molecule is CC(=O)N1CC[C@@H](N2CCc3cc(C(=O)NO)cc(F)c3C2)CC12CCC2. The highest BCUT2D eigenvalue weighted by atomic mass is 19.1. The number of hydrogen-bond donors (Lipinski definition) is 2. The molecule has 1 aromatic rings. The summed E-state index contributed by atoms with van der Waals surface area (Å²) in [4.78, 5) is 28.0. The molecule has 1 spiro atoms. The van der Waals surface area contributed by atoms with Crippen LogP contribution in [0, 0.1) is 5.82 Å². The lowest BCUT2D eigenvalue weighted by molar-refractivity contribution is -0.145. The number of likely N-dealkylation sites (tertiary alicyclic amines) is 1. The molecule has 7 heteroatoms. The topological polar surface area (TPSA) is 72.9 Å². The summed E-state index contributed by atoms with van der Waals surface area (Å²) in [6.45, 7) is 3.79. The first kappa shape index (κ1) is 18.4. The van der Waals surface area contributed by atoms with E-state index in [4.69, 9.17) is 5.21 Å². The second-order valence-electron chi connectivity index (χ2n) is 8.15. The first-order chi connectivity index (χ1) is 12.9. The van der Waals surface area contributed by atoms with Gasteiger partial charge in [-0.15, -0.1) is 0 Å². The standard InChI is InChI=1S/C20H26FN3O3/c1-13(25)24-8-4-16(11-20(24)5-2-6-20)23-7-3-14-9-15(19(26)22-27)10-18(21)17(14)12-23/h9-10,16,27H,2-8,11-12H2,1H3,(H,22,26)/t16-/m1/s1. The largest absolute Gasteiger partial charge is 0.337 e. The molecule has 3 aliphatic rings. The Kier molecular flexibility index (Phi) is 4.68. The van der Waals surface area contributed by atoms with E-state index in [1.165, 1.54) is 12.5 Å². The molecule has 1 atom stereocenters. The van der Waals surface area contributed by atoms with E-state index in [1.807, 2.05) is 0 Å². The van der Waals surface area contributed by atoms with Crippen molar-refractivity contribution in [2.75, 3.05) is 13.1 Å². The number of piperidine rings is 1. The van der Waals surface area contributed by atoms with Crippen LogP contribution in [0.3, 0.4) is 0 Å². The van der Waals surface area contributed by atoms with Crippen LogP contribution < -0.4 is 5.48 Å². The maximum absolute atomic E-state index is 14.6. The molecule has 0 radical (unpaired) electrons. The molecule has 1 saturated heterocycles. The van der Waals surface area contributed by atoms with E-state index in [0.29, 0.717) is 24.6 Å². The summed E-state index contributed by atoms with van der Waals surface area (Å²) < 4.78 is 14.6. The third kappa shape index (κ3) is 3.12. The number of amides is 2. The van der Waals surface area contributed by atoms with Gasteiger partial charge in [-0.25, -0.2) is 9.87 Å². The molecule has 4 rings (SSSR count). The van der Waals surface area contributed by atoms with E-state index < -0.39 is 11.7 Å². The van der Waals surface area contributed by atoms with Gasteiger partial charge in [0.25, 0.3) is 5.91 Å². The Morgan fingerprint density at radius 3 is 2.70 bits per heavy atom. The zero-order chi connectivity index (χ0) is 19.2. The Hall–Kier alpha value is -1.99. The molecule has 2 amide bonds. The highest BCUT2D eigenvalue weighted by molar-refractivity contribution is 5.93. The van der Waals surface area contributed by atoms with Crippen molar-refractivity contribution < 1.29 is 19.2 Å². The van der Waals surface area contributed by atoms with Crippen molar-refractivity contribution in [3.63, 3.8) is 0 Å². The minimum Gasteiger partial charge on any atom is -0.337 e. The molecule has 1 saturated carbocycles. The minimum absolute atomic E-state index is 0.0106. The van der Waals surface area contributed by atoms with Crippen molar-refractivity contribution in [3.05, 3.63) is 34.6 Å². The van der Waals surface area contributed by atoms with Crippen LogP contribution in [0.1, 0.15) is 60.5 Å². The molecule has 0 aromatic heterocycles. The Bertz CT molecular complexity index is 778. The third-order valence-corrected chi connectivity index (χ3v) is 6.74. The van der Waals surface area contributed by atoms with Crippen LogP contribution in [-0.4, -0.2) is 51.5 Å². The van der Waals surface area contributed by atoms with Gasteiger partial charge in [-0.3, -0.25) is 19.7 Å². The van der Waals surface area contributed by atoms with Gasteiger partial charge in [-0.05, 0) is 56.2 Å². The smallest absolute Gasteiger partial charge is 0.274 e. The monoisotopic (exact) mass is 375 g/mol. The lowest BCUT2D eigenvalue weighted by atomic mass is 9.68. The summed E-state index contributed by atoms with van der Waals surface area (Å²) in [5.74, 6) is -0.920. The van der Waals surface area contributed by atoms with Gasteiger partial charge in [0.05, 0.1) is 0 Å². The van der Waals surface area contributed by atoms with Crippen LogP contribution in [0.15, 0.2) is 12.1 Å². The van der Waals surface area contributed by atoms with Gasteiger partial charge < -0.3 is 4.90 Å². The fourth-order valence-electron chi connectivity index (χ4n) is 5.18. The van der Waals surface area contributed by atoms with Crippen molar-refractivity contribution in [1.82, 2.24) is 15.3 Å². The van der Waals surface area contributed by atoms with Crippen LogP contribution in [0.4, 0.5) is 4.39 Å². The van der Waals surface area contributed by atoms with Crippen LogP contribution in [0.25, 0.3) is 0 Å².